The summed E-state index contributed by atoms with van der Waals surface area (Å²) in [6.45, 7) is 0. The molecule has 3 heteroatoms. The number of ether oxygens (including phenoxy) is 1. The van der Waals surface area contributed by atoms with E-state index in [2.05, 4.69) is 0 Å². The molecule has 3 N–H and O–H groups in total. The van der Waals surface area contributed by atoms with Crippen LogP contribution in [0.3, 0.4) is 0 Å². The van der Waals surface area contributed by atoms with Gasteiger partial charge in [-0.05, 0) is 37.8 Å². The summed E-state index contributed by atoms with van der Waals surface area (Å²) in [4.78, 5) is 0. The Morgan fingerprint density at radius 2 is 2.07 bits per heavy atom. The van der Waals surface area contributed by atoms with Crippen molar-refractivity contribution in [2.75, 3.05) is 0 Å². The Balaban J connectivity index is 1.99. The summed E-state index contributed by atoms with van der Waals surface area (Å²) in [5.41, 5.74) is 5.87. The molecule has 1 fully saturated rings. The zero-order chi connectivity index (χ0) is 10.7. The SMILES string of the molecule is NC1CCCC(Oc2ccccc2O)C1. The Hall–Kier alpha value is -1.22. The first-order valence-corrected chi connectivity index (χ1v) is 5.46. The van der Waals surface area contributed by atoms with Crippen molar-refractivity contribution in [3.8, 4) is 11.5 Å². The Morgan fingerprint density at radius 3 is 2.80 bits per heavy atom. The Bertz CT molecular complexity index is 327. The van der Waals surface area contributed by atoms with E-state index in [0.29, 0.717) is 5.75 Å². The number of para-hydroxylation sites is 2. The molecule has 0 amide bonds. The predicted molar refractivity (Wildman–Crippen MR) is 59.0 cm³/mol. The van der Waals surface area contributed by atoms with Gasteiger partial charge in [-0.2, -0.15) is 0 Å². The molecular formula is C12H17NO2. The van der Waals surface area contributed by atoms with Crippen LogP contribution in [0.5, 0.6) is 11.5 Å². The van der Waals surface area contributed by atoms with E-state index in [-0.39, 0.29) is 17.9 Å². The molecule has 0 heterocycles. The van der Waals surface area contributed by atoms with E-state index in [0.717, 1.165) is 25.7 Å². The molecule has 0 radical (unpaired) electrons. The number of hydrogen-bond donors (Lipinski definition) is 2. The van der Waals surface area contributed by atoms with Crippen molar-refractivity contribution in [2.24, 2.45) is 5.73 Å². The monoisotopic (exact) mass is 207 g/mol. The van der Waals surface area contributed by atoms with Crippen molar-refractivity contribution in [1.29, 1.82) is 0 Å². The highest BCUT2D eigenvalue weighted by molar-refractivity contribution is 5.38. The fourth-order valence-electron chi connectivity index (χ4n) is 2.02. The quantitative estimate of drug-likeness (QED) is 0.780. The standard InChI is InChI=1S/C12H17NO2/c13-9-4-3-5-10(8-9)15-12-7-2-1-6-11(12)14/h1-2,6-7,9-10,14H,3-5,8,13H2. The van der Waals surface area contributed by atoms with E-state index >= 15 is 0 Å². The van der Waals surface area contributed by atoms with Crippen LogP contribution in [-0.4, -0.2) is 17.3 Å². The molecule has 2 rings (SSSR count). The summed E-state index contributed by atoms with van der Waals surface area (Å²) in [5.74, 6) is 0.772. The highest BCUT2D eigenvalue weighted by Gasteiger charge is 2.21. The van der Waals surface area contributed by atoms with Crippen LogP contribution in [0, 0.1) is 0 Å². The third-order valence-corrected chi connectivity index (χ3v) is 2.83. The third-order valence-electron chi connectivity index (χ3n) is 2.83. The van der Waals surface area contributed by atoms with Gasteiger partial charge < -0.3 is 15.6 Å². The van der Waals surface area contributed by atoms with Gasteiger partial charge >= 0.3 is 0 Å². The molecule has 0 bridgehead atoms. The number of hydrogen-bond acceptors (Lipinski definition) is 3. The number of benzene rings is 1. The van der Waals surface area contributed by atoms with Gasteiger partial charge in [-0.25, -0.2) is 0 Å². The van der Waals surface area contributed by atoms with Gasteiger partial charge in [0.1, 0.15) is 6.10 Å². The van der Waals surface area contributed by atoms with Crippen molar-refractivity contribution >= 4 is 0 Å². The molecule has 0 aromatic heterocycles. The summed E-state index contributed by atoms with van der Waals surface area (Å²) in [6, 6.07) is 7.31. The lowest BCUT2D eigenvalue weighted by Gasteiger charge is -2.27. The van der Waals surface area contributed by atoms with E-state index < -0.39 is 0 Å². The highest BCUT2D eigenvalue weighted by Crippen LogP contribution is 2.29. The average Bonchev–Trinajstić information content (AvgIpc) is 2.22. The first-order valence-electron chi connectivity index (χ1n) is 5.46. The average molecular weight is 207 g/mol. The zero-order valence-electron chi connectivity index (χ0n) is 8.73. The molecule has 3 nitrogen and oxygen atoms in total. The zero-order valence-corrected chi connectivity index (χ0v) is 8.73. The van der Waals surface area contributed by atoms with E-state index in [1.165, 1.54) is 0 Å². The van der Waals surface area contributed by atoms with Crippen LogP contribution in [0.25, 0.3) is 0 Å². The summed E-state index contributed by atoms with van der Waals surface area (Å²) in [5, 5.41) is 9.55. The number of phenolic OH excluding ortho intramolecular Hbond substituents is 1. The summed E-state index contributed by atoms with van der Waals surface area (Å²) in [7, 11) is 0. The van der Waals surface area contributed by atoms with Crippen LogP contribution in [0.2, 0.25) is 0 Å². The van der Waals surface area contributed by atoms with Gasteiger partial charge in [-0.15, -0.1) is 0 Å². The van der Waals surface area contributed by atoms with Crippen molar-refractivity contribution < 1.29 is 9.84 Å². The van der Waals surface area contributed by atoms with Crippen LogP contribution < -0.4 is 10.5 Å². The van der Waals surface area contributed by atoms with Crippen molar-refractivity contribution in [3.05, 3.63) is 24.3 Å². The topological polar surface area (TPSA) is 55.5 Å². The minimum atomic E-state index is 0.155. The number of rotatable bonds is 2. The smallest absolute Gasteiger partial charge is 0.161 e. The van der Waals surface area contributed by atoms with Crippen LogP contribution in [0.1, 0.15) is 25.7 Å². The molecule has 2 unspecified atom stereocenters. The summed E-state index contributed by atoms with van der Waals surface area (Å²) in [6.07, 6.45) is 4.26. The molecule has 1 aliphatic rings. The molecule has 1 aliphatic carbocycles. The predicted octanol–water partition coefficient (Wildman–Crippen LogP) is 2.04. The molecule has 1 aromatic rings. The maximum atomic E-state index is 9.55. The molecular weight excluding hydrogens is 190 g/mol. The maximum Gasteiger partial charge on any atom is 0.161 e. The second-order valence-electron chi connectivity index (χ2n) is 4.13. The first kappa shape index (κ1) is 10.3. The lowest BCUT2D eigenvalue weighted by atomic mass is 9.93. The summed E-state index contributed by atoms with van der Waals surface area (Å²) >= 11 is 0. The Kier molecular flexibility index (Phi) is 3.11. The fraction of sp³-hybridized carbons (Fsp3) is 0.500. The molecule has 0 spiro atoms. The summed E-state index contributed by atoms with van der Waals surface area (Å²) < 4.78 is 5.73. The molecule has 2 atom stereocenters. The molecule has 82 valence electrons. The van der Waals surface area contributed by atoms with Gasteiger partial charge in [0.15, 0.2) is 11.5 Å². The first-order chi connectivity index (χ1) is 7.25. The van der Waals surface area contributed by atoms with Crippen molar-refractivity contribution in [2.45, 2.75) is 37.8 Å². The highest BCUT2D eigenvalue weighted by atomic mass is 16.5. The largest absolute Gasteiger partial charge is 0.504 e. The Morgan fingerprint density at radius 1 is 1.27 bits per heavy atom. The van der Waals surface area contributed by atoms with Crippen LogP contribution in [0.4, 0.5) is 0 Å². The van der Waals surface area contributed by atoms with Crippen molar-refractivity contribution in [1.82, 2.24) is 0 Å². The fourth-order valence-corrected chi connectivity index (χ4v) is 2.02. The second-order valence-corrected chi connectivity index (χ2v) is 4.13. The molecule has 15 heavy (non-hydrogen) atoms. The minimum absolute atomic E-state index is 0.155. The molecule has 1 aromatic carbocycles. The molecule has 1 saturated carbocycles. The molecule has 0 saturated heterocycles. The number of aromatic hydroxyl groups is 1. The van der Waals surface area contributed by atoms with Gasteiger partial charge in [0.2, 0.25) is 0 Å². The lowest BCUT2D eigenvalue weighted by molar-refractivity contribution is 0.140. The van der Waals surface area contributed by atoms with Gasteiger partial charge in [0.25, 0.3) is 0 Å². The maximum absolute atomic E-state index is 9.55. The molecule has 0 aliphatic heterocycles. The number of phenols is 1. The van der Waals surface area contributed by atoms with Gasteiger partial charge in [-0.3, -0.25) is 0 Å². The van der Waals surface area contributed by atoms with Gasteiger partial charge in [0.05, 0.1) is 0 Å². The third kappa shape index (κ3) is 2.63. The van der Waals surface area contributed by atoms with Crippen LogP contribution in [0.15, 0.2) is 24.3 Å². The van der Waals surface area contributed by atoms with E-state index in [1.54, 1.807) is 18.2 Å². The van der Waals surface area contributed by atoms with E-state index in [4.69, 9.17) is 10.5 Å². The van der Waals surface area contributed by atoms with Crippen molar-refractivity contribution in [3.63, 3.8) is 0 Å². The minimum Gasteiger partial charge on any atom is -0.504 e. The number of nitrogens with two attached hydrogens (primary N) is 1. The Labute approximate surface area is 89.9 Å². The van der Waals surface area contributed by atoms with E-state index in [9.17, 15) is 5.11 Å². The normalized spacial score (nSPS) is 26.2. The lowest BCUT2D eigenvalue weighted by Crippen LogP contribution is -2.33. The van der Waals surface area contributed by atoms with Gasteiger partial charge in [0, 0.05) is 6.04 Å². The van der Waals surface area contributed by atoms with Crippen LogP contribution >= 0.6 is 0 Å². The van der Waals surface area contributed by atoms with Gasteiger partial charge in [-0.1, -0.05) is 12.1 Å². The van der Waals surface area contributed by atoms with Crippen LogP contribution in [-0.2, 0) is 0 Å². The van der Waals surface area contributed by atoms with E-state index in [1.807, 2.05) is 6.07 Å². The second kappa shape index (κ2) is 4.53.